The Labute approximate surface area is 150 Å². The molecule has 0 aliphatic carbocycles. The highest BCUT2D eigenvalue weighted by atomic mass is 32.2. The summed E-state index contributed by atoms with van der Waals surface area (Å²) in [5, 5.41) is 0. The maximum atomic E-state index is 12.5. The Bertz CT molecular complexity index is 811. The summed E-state index contributed by atoms with van der Waals surface area (Å²) in [5.41, 5.74) is 2.04. The molecule has 25 heavy (non-hydrogen) atoms. The molecular weight excluding hydrogens is 334 g/mol. The Balaban J connectivity index is 1.68. The largest absolute Gasteiger partial charge is 0.357 e. The summed E-state index contributed by atoms with van der Waals surface area (Å²) in [6, 6.07) is 10.9. The van der Waals surface area contributed by atoms with Crippen LogP contribution in [0.3, 0.4) is 0 Å². The Morgan fingerprint density at radius 1 is 1.12 bits per heavy atom. The Morgan fingerprint density at radius 3 is 2.44 bits per heavy atom. The zero-order valence-electron chi connectivity index (χ0n) is 14.8. The van der Waals surface area contributed by atoms with Gasteiger partial charge in [0, 0.05) is 25.8 Å². The van der Waals surface area contributed by atoms with Crippen molar-refractivity contribution in [1.29, 1.82) is 0 Å². The lowest BCUT2D eigenvalue weighted by molar-refractivity contribution is 0.581. The van der Waals surface area contributed by atoms with Crippen LogP contribution in [0.15, 0.2) is 47.5 Å². The van der Waals surface area contributed by atoms with Crippen LogP contribution in [-0.2, 0) is 16.6 Å². The maximum Gasteiger partial charge on any atom is 0.240 e. The second-order valence-corrected chi connectivity index (χ2v) is 8.53. The molecular formula is C19H25N3O2S. The molecule has 0 unspecified atom stereocenters. The number of hydrogen-bond donors (Lipinski definition) is 1. The van der Waals surface area contributed by atoms with Crippen molar-refractivity contribution in [3.05, 3.63) is 53.7 Å². The van der Waals surface area contributed by atoms with E-state index >= 15 is 0 Å². The molecule has 1 aliphatic rings. The summed E-state index contributed by atoms with van der Waals surface area (Å²) in [4.78, 5) is 6.93. The summed E-state index contributed by atoms with van der Waals surface area (Å²) in [6.07, 6.45) is 4.12. The minimum absolute atomic E-state index is 0.262. The van der Waals surface area contributed by atoms with Crippen molar-refractivity contribution in [2.75, 3.05) is 18.0 Å². The van der Waals surface area contributed by atoms with Crippen molar-refractivity contribution in [2.24, 2.45) is 0 Å². The quantitative estimate of drug-likeness (QED) is 0.860. The summed E-state index contributed by atoms with van der Waals surface area (Å²) in [7, 11) is -3.52. The molecule has 2 aromatic rings. The molecule has 1 N–H and O–H groups in total. The lowest BCUT2D eigenvalue weighted by atomic mass is 10.0. The predicted molar refractivity (Wildman–Crippen MR) is 100 cm³/mol. The van der Waals surface area contributed by atoms with E-state index in [0.717, 1.165) is 30.0 Å². The molecule has 5 nitrogen and oxygen atoms in total. The van der Waals surface area contributed by atoms with Gasteiger partial charge in [-0.05, 0) is 54.2 Å². The second kappa shape index (κ2) is 7.54. The van der Waals surface area contributed by atoms with E-state index in [-0.39, 0.29) is 6.54 Å². The highest BCUT2D eigenvalue weighted by Crippen LogP contribution is 2.20. The Hall–Kier alpha value is -1.92. The average molecular weight is 359 g/mol. The molecule has 134 valence electrons. The van der Waals surface area contributed by atoms with Gasteiger partial charge >= 0.3 is 0 Å². The van der Waals surface area contributed by atoms with Crippen molar-refractivity contribution in [2.45, 2.75) is 44.0 Å². The number of aromatic nitrogens is 1. The van der Waals surface area contributed by atoms with Crippen LogP contribution in [0, 0.1) is 0 Å². The summed E-state index contributed by atoms with van der Waals surface area (Å²) in [5.74, 6) is 1.31. The number of sulfonamides is 1. The van der Waals surface area contributed by atoms with Gasteiger partial charge < -0.3 is 4.90 Å². The molecule has 0 atom stereocenters. The third-order valence-electron chi connectivity index (χ3n) is 4.56. The van der Waals surface area contributed by atoms with E-state index in [1.54, 1.807) is 18.3 Å². The first-order valence-electron chi connectivity index (χ1n) is 8.75. The smallest absolute Gasteiger partial charge is 0.240 e. The van der Waals surface area contributed by atoms with Crippen LogP contribution in [0.4, 0.5) is 5.82 Å². The lowest BCUT2D eigenvalue weighted by Gasteiger charge is -2.17. The van der Waals surface area contributed by atoms with Gasteiger partial charge in [-0.2, -0.15) is 0 Å². The lowest BCUT2D eigenvalue weighted by Crippen LogP contribution is -2.24. The fraction of sp³-hybridized carbons (Fsp3) is 0.421. The van der Waals surface area contributed by atoms with Gasteiger partial charge in [0.1, 0.15) is 5.82 Å². The van der Waals surface area contributed by atoms with E-state index in [1.165, 1.54) is 12.8 Å². The van der Waals surface area contributed by atoms with Gasteiger partial charge in [-0.1, -0.05) is 26.0 Å². The van der Waals surface area contributed by atoms with Gasteiger partial charge in [-0.25, -0.2) is 18.1 Å². The van der Waals surface area contributed by atoms with Gasteiger partial charge in [0.2, 0.25) is 10.0 Å². The molecule has 1 aromatic heterocycles. The molecule has 0 spiro atoms. The average Bonchev–Trinajstić information content (AvgIpc) is 3.15. The van der Waals surface area contributed by atoms with Gasteiger partial charge in [0.25, 0.3) is 0 Å². The normalized spacial score (nSPS) is 15.1. The van der Waals surface area contributed by atoms with Gasteiger partial charge in [0.15, 0.2) is 0 Å². The molecule has 0 bridgehead atoms. The van der Waals surface area contributed by atoms with E-state index in [2.05, 4.69) is 28.5 Å². The van der Waals surface area contributed by atoms with E-state index in [4.69, 9.17) is 0 Å². The monoisotopic (exact) mass is 359 g/mol. The number of nitrogens with zero attached hydrogens (tertiary/aromatic N) is 2. The fourth-order valence-electron chi connectivity index (χ4n) is 2.98. The topological polar surface area (TPSA) is 62.3 Å². The molecule has 0 radical (unpaired) electrons. The van der Waals surface area contributed by atoms with Crippen molar-refractivity contribution in [3.8, 4) is 0 Å². The highest BCUT2D eigenvalue weighted by molar-refractivity contribution is 7.89. The van der Waals surface area contributed by atoms with E-state index in [1.807, 2.05) is 24.3 Å². The molecule has 1 saturated heterocycles. The Kier molecular flexibility index (Phi) is 5.39. The SMILES string of the molecule is CC(C)c1ccc(S(=O)(=O)NCc2ccnc(N3CCCC3)c2)cc1. The second-order valence-electron chi connectivity index (χ2n) is 6.76. The van der Waals surface area contributed by atoms with Crippen molar-refractivity contribution < 1.29 is 8.42 Å². The minimum atomic E-state index is -3.52. The first-order chi connectivity index (χ1) is 12.0. The van der Waals surface area contributed by atoms with Crippen LogP contribution >= 0.6 is 0 Å². The summed E-state index contributed by atoms with van der Waals surface area (Å²) >= 11 is 0. The van der Waals surface area contributed by atoms with Crippen molar-refractivity contribution in [1.82, 2.24) is 9.71 Å². The molecule has 1 aromatic carbocycles. The first-order valence-corrected chi connectivity index (χ1v) is 10.2. The summed E-state index contributed by atoms with van der Waals surface area (Å²) in [6.45, 7) is 6.47. The number of anilines is 1. The van der Waals surface area contributed by atoms with Crippen LogP contribution < -0.4 is 9.62 Å². The highest BCUT2D eigenvalue weighted by Gasteiger charge is 2.16. The number of pyridine rings is 1. The standard InChI is InChI=1S/C19H25N3O2S/c1-15(2)17-5-7-18(8-6-17)25(23,24)21-14-16-9-10-20-19(13-16)22-11-3-4-12-22/h5-10,13,15,21H,3-4,11-12,14H2,1-2H3. The van der Waals surface area contributed by atoms with Crippen molar-refractivity contribution in [3.63, 3.8) is 0 Å². The predicted octanol–water partition coefficient (Wildman–Crippen LogP) is 3.28. The molecule has 6 heteroatoms. The number of benzene rings is 1. The molecule has 0 amide bonds. The number of rotatable bonds is 6. The zero-order valence-corrected chi connectivity index (χ0v) is 15.6. The molecule has 2 heterocycles. The van der Waals surface area contributed by atoms with Crippen LogP contribution in [0.2, 0.25) is 0 Å². The zero-order chi connectivity index (χ0) is 17.9. The first kappa shape index (κ1) is 17.9. The Morgan fingerprint density at radius 2 is 1.80 bits per heavy atom. The molecule has 1 aliphatic heterocycles. The van der Waals surface area contributed by atoms with E-state index in [9.17, 15) is 8.42 Å². The van der Waals surface area contributed by atoms with E-state index < -0.39 is 10.0 Å². The molecule has 1 fully saturated rings. The third kappa shape index (κ3) is 4.38. The van der Waals surface area contributed by atoms with Gasteiger partial charge in [-0.3, -0.25) is 0 Å². The van der Waals surface area contributed by atoms with Gasteiger partial charge in [-0.15, -0.1) is 0 Å². The van der Waals surface area contributed by atoms with Crippen LogP contribution in [0.1, 0.15) is 43.7 Å². The number of nitrogens with one attached hydrogen (secondary N) is 1. The third-order valence-corrected chi connectivity index (χ3v) is 5.98. The summed E-state index contributed by atoms with van der Waals surface area (Å²) < 4.78 is 27.7. The minimum Gasteiger partial charge on any atom is -0.357 e. The fourth-order valence-corrected chi connectivity index (χ4v) is 4.00. The van der Waals surface area contributed by atoms with Crippen LogP contribution in [0.25, 0.3) is 0 Å². The maximum absolute atomic E-state index is 12.5. The number of hydrogen-bond acceptors (Lipinski definition) is 4. The van der Waals surface area contributed by atoms with Crippen LogP contribution in [0.5, 0.6) is 0 Å². The van der Waals surface area contributed by atoms with Crippen LogP contribution in [-0.4, -0.2) is 26.5 Å². The molecule has 0 saturated carbocycles. The van der Waals surface area contributed by atoms with E-state index in [0.29, 0.717) is 10.8 Å². The van der Waals surface area contributed by atoms with Crippen molar-refractivity contribution >= 4 is 15.8 Å². The van der Waals surface area contributed by atoms with Gasteiger partial charge in [0.05, 0.1) is 4.90 Å². The molecule has 3 rings (SSSR count).